The van der Waals surface area contributed by atoms with Crippen molar-refractivity contribution < 1.29 is 4.74 Å². The van der Waals surface area contributed by atoms with Gasteiger partial charge in [-0.15, -0.1) is 0 Å². The number of nitrogens with two attached hydrogens (primary N) is 1. The minimum Gasteiger partial charge on any atom is -0.493 e. The second kappa shape index (κ2) is 9.82. The topological polar surface area (TPSA) is 47.3 Å². The number of hydrogen-bond donors (Lipinski definition) is 2. The molecular weight excluding hydrogens is 236 g/mol. The summed E-state index contributed by atoms with van der Waals surface area (Å²) in [4.78, 5) is 0. The van der Waals surface area contributed by atoms with Crippen LogP contribution in [-0.2, 0) is 0 Å². The molecule has 0 radical (unpaired) electrons. The Labute approximate surface area is 117 Å². The third-order valence-electron chi connectivity index (χ3n) is 3.39. The fraction of sp³-hybridized carbons (Fsp3) is 0.625. The maximum atomic E-state index is 5.91. The molecule has 0 fully saturated rings. The molecule has 1 atom stereocenters. The molecule has 1 rings (SSSR count). The van der Waals surface area contributed by atoms with Gasteiger partial charge in [0.15, 0.2) is 0 Å². The zero-order valence-corrected chi connectivity index (χ0v) is 12.3. The van der Waals surface area contributed by atoms with Gasteiger partial charge in [-0.1, -0.05) is 32.0 Å². The summed E-state index contributed by atoms with van der Waals surface area (Å²) in [5.41, 5.74) is 6.74. The van der Waals surface area contributed by atoms with Gasteiger partial charge in [0.2, 0.25) is 0 Å². The second-order valence-corrected chi connectivity index (χ2v) is 4.94. The van der Waals surface area contributed by atoms with Crippen molar-refractivity contribution in [2.45, 2.75) is 39.0 Å². The van der Waals surface area contributed by atoms with Gasteiger partial charge in [0.25, 0.3) is 0 Å². The highest BCUT2D eigenvalue weighted by molar-refractivity contribution is 5.35. The summed E-state index contributed by atoms with van der Waals surface area (Å²) in [5, 5.41) is 3.29. The lowest BCUT2D eigenvalue weighted by Crippen LogP contribution is -2.23. The van der Waals surface area contributed by atoms with Crippen molar-refractivity contribution in [2.75, 3.05) is 26.2 Å². The first kappa shape index (κ1) is 16.0. The highest BCUT2D eigenvalue weighted by atomic mass is 16.5. The molecular formula is C16H28N2O. The van der Waals surface area contributed by atoms with E-state index in [0.717, 1.165) is 44.7 Å². The average Bonchev–Trinajstić information content (AvgIpc) is 2.46. The first-order valence-corrected chi connectivity index (χ1v) is 7.42. The van der Waals surface area contributed by atoms with Crippen molar-refractivity contribution in [3.63, 3.8) is 0 Å². The largest absolute Gasteiger partial charge is 0.493 e. The molecule has 108 valence electrons. The van der Waals surface area contributed by atoms with Crippen molar-refractivity contribution in [1.29, 1.82) is 0 Å². The van der Waals surface area contributed by atoms with Crippen LogP contribution in [0.1, 0.15) is 44.6 Å². The smallest absolute Gasteiger partial charge is 0.122 e. The third kappa shape index (κ3) is 6.08. The number of benzene rings is 1. The van der Waals surface area contributed by atoms with Gasteiger partial charge in [0.1, 0.15) is 5.75 Å². The van der Waals surface area contributed by atoms with E-state index in [1.165, 1.54) is 5.56 Å². The average molecular weight is 264 g/mol. The van der Waals surface area contributed by atoms with Crippen LogP contribution in [0.5, 0.6) is 5.75 Å². The lowest BCUT2D eigenvalue weighted by Gasteiger charge is -2.15. The van der Waals surface area contributed by atoms with Gasteiger partial charge in [-0.25, -0.2) is 0 Å². The molecule has 19 heavy (non-hydrogen) atoms. The molecule has 1 aromatic carbocycles. The van der Waals surface area contributed by atoms with E-state index < -0.39 is 0 Å². The first-order valence-electron chi connectivity index (χ1n) is 7.42. The van der Waals surface area contributed by atoms with Crippen LogP contribution in [0.4, 0.5) is 0 Å². The van der Waals surface area contributed by atoms with Crippen LogP contribution in [-0.4, -0.2) is 26.2 Å². The molecule has 0 aromatic heterocycles. The summed E-state index contributed by atoms with van der Waals surface area (Å²) in [6, 6.07) is 8.38. The van der Waals surface area contributed by atoms with Crippen LogP contribution in [0.25, 0.3) is 0 Å². The minimum atomic E-state index is 0.558. The number of rotatable bonds is 10. The van der Waals surface area contributed by atoms with E-state index >= 15 is 0 Å². The van der Waals surface area contributed by atoms with Gasteiger partial charge in [0.05, 0.1) is 6.61 Å². The van der Waals surface area contributed by atoms with E-state index in [4.69, 9.17) is 10.5 Å². The summed E-state index contributed by atoms with van der Waals surface area (Å²) in [6.07, 6.45) is 3.35. The van der Waals surface area contributed by atoms with E-state index in [1.54, 1.807) is 0 Å². The van der Waals surface area contributed by atoms with Crippen LogP contribution in [0.3, 0.4) is 0 Å². The molecule has 0 heterocycles. The van der Waals surface area contributed by atoms with Gasteiger partial charge in [0, 0.05) is 13.1 Å². The van der Waals surface area contributed by atoms with Gasteiger partial charge in [-0.2, -0.15) is 0 Å². The number of nitrogens with one attached hydrogen (secondary N) is 1. The van der Waals surface area contributed by atoms with Crippen LogP contribution in [0.15, 0.2) is 24.3 Å². The summed E-state index contributed by atoms with van der Waals surface area (Å²) < 4.78 is 5.91. The van der Waals surface area contributed by atoms with Crippen LogP contribution < -0.4 is 15.8 Å². The normalized spacial score (nSPS) is 12.4. The fourth-order valence-corrected chi connectivity index (χ4v) is 2.00. The zero-order chi connectivity index (χ0) is 13.9. The molecule has 0 saturated carbocycles. The Morgan fingerprint density at radius 2 is 2.00 bits per heavy atom. The zero-order valence-electron chi connectivity index (χ0n) is 12.3. The van der Waals surface area contributed by atoms with Crippen LogP contribution in [0, 0.1) is 0 Å². The molecule has 0 bridgehead atoms. The maximum Gasteiger partial charge on any atom is 0.122 e. The highest BCUT2D eigenvalue weighted by Gasteiger charge is 2.08. The summed E-state index contributed by atoms with van der Waals surface area (Å²) in [6.45, 7) is 7.88. The van der Waals surface area contributed by atoms with Crippen LogP contribution in [0.2, 0.25) is 0 Å². The minimum absolute atomic E-state index is 0.558. The Kier molecular flexibility index (Phi) is 8.26. The third-order valence-corrected chi connectivity index (χ3v) is 3.39. The van der Waals surface area contributed by atoms with Gasteiger partial charge >= 0.3 is 0 Å². The SMILES string of the molecule is CC[C@H](C)c1ccccc1OCCCCNCCN. The molecule has 0 spiro atoms. The summed E-state index contributed by atoms with van der Waals surface area (Å²) >= 11 is 0. The lowest BCUT2D eigenvalue weighted by molar-refractivity contribution is 0.301. The lowest BCUT2D eigenvalue weighted by atomic mass is 9.98. The van der Waals surface area contributed by atoms with Gasteiger partial charge in [-0.05, 0) is 43.4 Å². The van der Waals surface area contributed by atoms with E-state index in [0.29, 0.717) is 12.5 Å². The Morgan fingerprint density at radius 1 is 1.21 bits per heavy atom. The van der Waals surface area contributed by atoms with Crippen molar-refractivity contribution in [3.8, 4) is 5.75 Å². The first-order chi connectivity index (χ1) is 9.29. The Morgan fingerprint density at radius 3 is 2.74 bits per heavy atom. The standard InChI is InChI=1S/C16H28N2O/c1-3-14(2)15-8-4-5-9-16(15)19-13-7-6-11-18-12-10-17/h4-5,8-9,14,18H,3,6-7,10-13,17H2,1-2H3/t14-/m0/s1. The molecule has 1 aromatic rings. The van der Waals surface area contributed by atoms with Gasteiger partial charge in [-0.3, -0.25) is 0 Å². The van der Waals surface area contributed by atoms with E-state index in [-0.39, 0.29) is 0 Å². The van der Waals surface area contributed by atoms with Crippen molar-refractivity contribution in [2.24, 2.45) is 5.73 Å². The highest BCUT2D eigenvalue weighted by Crippen LogP contribution is 2.28. The molecule has 3 N–H and O–H groups in total. The van der Waals surface area contributed by atoms with E-state index in [2.05, 4.69) is 37.4 Å². The number of unbranched alkanes of at least 4 members (excludes halogenated alkanes) is 1. The number of hydrogen-bond acceptors (Lipinski definition) is 3. The molecule has 0 unspecified atom stereocenters. The van der Waals surface area contributed by atoms with Crippen molar-refractivity contribution in [3.05, 3.63) is 29.8 Å². The molecule has 3 heteroatoms. The predicted octanol–water partition coefficient (Wildman–Crippen LogP) is 2.91. The molecule has 0 saturated heterocycles. The fourth-order valence-electron chi connectivity index (χ4n) is 2.00. The second-order valence-electron chi connectivity index (χ2n) is 4.94. The number of para-hydroxylation sites is 1. The van der Waals surface area contributed by atoms with Crippen molar-refractivity contribution in [1.82, 2.24) is 5.32 Å². The summed E-state index contributed by atoms with van der Waals surface area (Å²) in [5.74, 6) is 1.61. The monoisotopic (exact) mass is 264 g/mol. The molecule has 0 aliphatic rings. The summed E-state index contributed by atoms with van der Waals surface area (Å²) in [7, 11) is 0. The Balaban J connectivity index is 2.29. The molecule has 0 amide bonds. The van der Waals surface area contributed by atoms with E-state index in [1.807, 2.05) is 6.07 Å². The predicted molar refractivity (Wildman–Crippen MR) is 81.8 cm³/mol. The Hall–Kier alpha value is -1.06. The van der Waals surface area contributed by atoms with Crippen molar-refractivity contribution >= 4 is 0 Å². The Bertz CT molecular complexity index is 341. The van der Waals surface area contributed by atoms with Crippen LogP contribution >= 0.6 is 0 Å². The number of ether oxygens (including phenoxy) is 1. The van der Waals surface area contributed by atoms with E-state index in [9.17, 15) is 0 Å². The molecule has 0 aliphatic heterocycles. The molecule has 3 nitrogen and oxygen atoms in total. The quantitative estimate of drug-likeness (QED) is 0.639. The van der Waals surface area contributed by atoms with Gasteiger partial charge < -0.3 is 15.8 Å². The maximum absolute atomic E-state index is 5.91. The molecule has 0 aliphatic carbocycles.